The minimum absolute atomic E-state index is 0.0892. The zero-order valence-electron chi connectivity index (χ0n) is 16.0. The minimum Gasteiger partial charge on any atom is -0.486 e. The number of rotatable bonds is 6. The van der Waals surface area contributed by atoms with E-state index in [1.165, 1.54) is 30.0 Å². The summed E-state index contributed by atoms with van der Waals surface area (Å²) in [5, 5.41) is 10.8. The molecule has 0 unspecified atom stereocenters. The van der Waals surface area contributed by atoms with Gasteiger partial charge in [0.1, 0.15) is 6.61 Å². The lowest BCUT2D eigenvalue weighted by atomic mass is 10.1. The quantitative estimate of drug-likeness (QED) is 0.416. The molecule has 1 aliphatic rings. The predicted octanol–water partition coefficient (Wildman–Crippen LogP) is 2.36. The summed E-state index contributed by atoms with van der Waals surface area (Å²) in [6.07, 6.45) is -0.341. The SMILES string of the molecule is Cc1cc(C(=O)OCC(=O)N(C)C[C@H]2COc3ccccc3O2)ccc1[N+](=O)[O-]. The lowest BCUT2D eigenvalue weighted by molar-refractivity contribution is -0.385. The molecular weight excluding hydrogens is 380 g/mol. The van der Waals surface area contributed by atoms with Crippen LogP contribution in [0.15, 0.2) is 42.5 Å². The molecule has 0 aliphatic carbocycles. The van der Waals surface area contributed by atoms with Crippen LogP contribution in [0.25, 0.3) is 0 Å². The Morgan fingerprint density at radius 1 is 1.24 bits per heavy atom. The van der Waals surface area contributed by atoms with Gasteiger partial charge < -0.3 is 19.1 Å². The number of nitro groups is 1. The van der Waals surface area contributed by atoms with Crippen LogP contribution in [0.2, 0.25) is 0 Å². The third-order valence-electron chi connectivity index (χ3n) is 4.43. The smallest absolute Gasteiger partial charge is 0.338 e. The molecule has 29 heavy (non-hydrogen) atoms. The summed E-state index contributed by atoms with van der Waals surface area (Å²) in [4.78, 5) is 36.1. The van der Waals surface area contributed by atoms with Crippen LogP contribution in [-0.2, 0) is 9.53 Å². The van der Waals surface area contributed by atoms with Gasteiger partial charge in [-0.25, -0.2) is 4.79 Å². The molecule has 152 valence electrons. The van der Waals surface area contributed by atoms with E-state index in [0.717, 1.165) is 0 Å². The predicted molar refractivity (Wildman–Crippen MR) is 102 cm³/mol. The van der Waals surface area contributed by atoms with Crippen molar-refractivity contribution in [2.24, 2.45) is 0 Å². The number of nitro benzene ring substituents is 1. The molecule has 2 aromatic rings. The molecule has 1 heterocycles. The summed E-state index contributed by atoms with van der Waals surface area (Å²) in [6.45, 7) is 1.64. The maximum atomic E-state index is 12.3. The maximum Gasteiger partial charge on any atom is 0.338 e. The molecular formula is C20H20N2O7. The second kappa shape index (κ2) is 8.59. The topological polar surface area (TPSA) is 108 Å². The highest BCUT2D eigenvalue weighted by Crippen LogP contribution is 2.30. The monoisotopic (exact) mass is 400 g/mol. The van der Waals surface area contributed by atoms with Crippen LogP contribution in [0, 0.1) is 17.0 Å². The summed E-state index contributed by atoms with van der Waals surface area (Å²) in [5.74, 6) is 0.144. The molecule has 0 N–H and O–H groups in total. The number of benzene rings is 2. The van der Waals surface area contributed by atoms with Crippen molar-refractivity contribution >= 4 is 17.6 Å². The van der Waals surface area contributed by atoms with E-state index in [-0.39, 0.29) is 23.9 Å². The molecule has 1 atom stereocenters. The number of hydrogen-bond donors (Lipinski definition) is 0. The lowest BCUT2D eigenvalue weighted by Crippen LogP contribution is -2.43. The number of ether oxygens (including phenoxy) is 3. The highest BCUT2D eigenvalue weighted by molar-refractivity contribution is 5.91. The van der Waals surface area contributed by atoms with Crippen LogP contribution < -0.4 is 9.47 Å². The molecule has 9 heteroatoms. The molecule has 0 fully saturated rings. The van der Waals surface area contributed by atoms with Crippen LogP contribution in [0.5, 0.6) is 11.5 Å². The molecule has 0 radical (unpaired) electrons. The largest absolute Gasteiger partial charge is 0.486 e. The van der Waals surface area contributed by atoms with Gasteiger partial charge in [-0.05, 0) is 31.2 Å². The van der Waals surface area contributed by atoms with Gasteiger partial charge in [0.15, 0.2) is 24.2 Å². The van der Waals surface area contributed by atoms with Crippen molar-refractivity contribution < 1.29 is 28.7 Å². The first-order chi connectivity index (χ1) is 13.8. The fourth-order valence-electron chi connectivity index (χ4n) is 2.87. The van der Waals surface area contributed by atoms with E-state index in [4.69, 9.17) is 14.2 Å². The second-order valence-corrected chi connectivity index (χ2v) is 6.61. The van der Waals surface area contributed by atoms with Gasteiger partial charge in [-0.15, -0.1) is 0 Å². The van der Waals surface area contributed by atoms with Crippen molar-refractivity contribution in [1.82, 2.24) is 4.90 Å². The third-order valence-corrected chi connectivity index (χ3v) is 4.43. The summed E-state index contributed by atoms with van der Waals surface area (Å²) in [7, 11) is 1.58. The molecule has 3 rings (SSSR count). The molecule has 0 saturated carbocycles. The molecule has 0 spiro atoms. The van der Waals surface area contributed by atoms with Crippen LogP contribution in [-0.4, -0.2) is 54.6 Å². The first-order valence-corrected chi connectivity index (χ1v) is 8.89. The average molecular weight is 400 g/mol. The first kappa shape index (κ1) is 20.1. The molecule has 0 aromatic heterocycles. The van der Waals surface area contributed by atoms with Crippen LogP contribution in [0.1, 0.15) is 15.9 Å². The van der Waals surface area contributed by atoms with Gasteiger partial charge in [-0.2, -0.15) is 0 Å². The fourth-order valence-corrected chi connectivity index (χ4v) is 2.87. The van der Waals surface area contributed by atoms with Crippen molar-refractivity contribution in [3.05, 3.63) is 63.7 Å². The van der Waals surface area contributed by atoms with Gasteiger partial charge >= 0.3 is 5.97 Å². The van der Waals surface area contributed by atoms with Gasteiger partial charge in [0.25, 0.3) is 11.6 Å². The van der Waals surface area contributed by atoms with Gasteiger partial charge in [0.05, 0.1) is 17.0 Å². The van der Waals surface area contributed by atoms with E-state index >= 15 is 0 Å². The number of carbonyl (C=O) groups is 2. The zero-order valence-corrected chi connectivity index (χ0v) is 16.0. The van der Waals surface area contributed by atoms with E-state index in [1.54, 1.807) is 19.2 Å². The van der Waals surface area contributed by atoms with E-state index in [9.17, 15) is 19.7 Å². The van der Waals surface area contributed by atoms with Gasteiger partial charge in [0, 0.05) is 18.7 Å². The number of hydrogen-bond acceptors (Lipinski definition) is 7. The molecule has 9 nitrogen and oxygen atoms in total. The molecule has 0 saturated heterocycles. The van der Waals surface area contributed by atoms with E-state index in [2.05, 4.69) is 0 Å². The molecule has 1 amide bonds. The average Bonchev–Trinajstić information content (AvgIpc) is 2.71. The van der Waals surface area contributed by atoms with Crippen LogP contribution >= 0.6 is 0 Å². The van der Waals surface area contributed by atoms with Crippen molar-refractivity contribution in [1.29, 1.82) is 0 Å². The summed E-state index contributed by atoms with van der Waals surface area (Å²) in [6, 6.07) is 11.2. The number of para-hydroxylation sites is 2. The van der Waals surface area contributed by atoms with Crippen LogP contribution in [0.4, 0.5) is 5.69 Å². The second-order valence-electron chi connectivity index (χ2n) is 6.61. The number of nitrogens with zero attached hydrogens (tertiary/aromatic N) is 2. The van der Waals surface area contributed by atoms with E-state index < -0.39 is 23.4 Å². The Morgan fingerprint density at radius 2 is 1.97 bits per heavy atom. The number of carbonyl (C=O) groups excluding carboxylic acids is 2. The van der Waals surface area contributed by atoms with Crippen molar-refractivity contribution in [2.45, 2.75) is 13.0 Å². The normalized spacial score (nSPS) is 14.8. The Labute approximate surface area is 166 Å². The molecule has 2 aromatic carbocycles. The first-order valence-electron chi connectivity index (χ1n) is 8.89. The number of esters is 1. The van der Waals surface area contributed by atoms with Crippen molar-refractivity contribution in [3.63, 3.8) is 0 Å². The lowest BCUT2D eigenvalue weighted by Gasteiger charge is -2.29. The molecule has 1 aliphatic heterocycles. The van der Waals surface area contributed by atoms with E-state index in [0.29, 0.717) is 23.7 Å². The standard InChI is InChI=1S/C20H20N2O7/c1-13-9-14(7-8-16(13)22(25)26)20(24)28-12-19(23)21(2)10-15-11-27-17-5-3-4-6-18(17)29-15/h3-9,15H,10-12H2,1-2H3/t15-/m0/s1. The Bertz CT molecular complexity index is 944. The van der Waals surface area contributed by atoms with Gasteiger partial charge in [0.2, 0.25) is 0 Å². The van der Waals surface area contributed by atoms with Crippen LogP contribution in [0.3, 0.4) is 0 Å². The summed E-state index contributed by atoms with van der Waals surface area (Å²) < 4.78 is 16.5. The third kappa shape index (κ3) is 4.81. The zero-order chi connectivity index (χ0) is 21.0. The highest BCUT2D eigenvalue weighted by atomic mass is 16.6. The Balaban J connectivity index is 1.51. The Hall–Kier alpha value is -3.62. The van der Waals surface area contributed by atoms with E-state index in [1.807, 2.05) is 12.1 Å². The minimum atomic E-state index is -0.726. The molecule has 0 bridgehead atoms. The number of likely N-dealkylation sites (N-methyl/N-ethyl adjacent to an activating group) is 1. The summed E-state index contributed by atoms with van der Waals surface area (Å²) >= 11 is 0. The number of aryl methyl sites for hydroxylation is 1. The Morgan fingerprint density at radius 3 is 2.66 bits per heavy atom. The Kier molecular flexibility index (Phi) is 5.96. The maximum absolute atomic E-state index is 12.3. The van der Waals surface area contributed by atoms with Gasteiger partial charge in [-0.3, -0.25) is 14.9 Å². The summed E-state index contributed by atoms with van der Waals surface area (Å²) in [5.41, 5.74) is 0.389. The van der Waals surface area contributed by atoms with Gasteiger partial charge in [-0.1, -0.05) is 12.1 Å². The number of fused-ring (bicyclic) bond motifs is 1. The highest BCUT2D eigenvalue weighted by Gasteiger charge is 2.24. The number of amides is 1. The fraction of sp³-hybridized carbons (Fsp3) is 0.300. The van der Waals surface area contributed by atoms with Crippen molar-refractivity contribution in [3.8, 4) is 11.5 Å². The van der Waals surface area contributed by atoms with Crippen molar-refractivity contribution in [2.75, 3.05) is 26.8 Å².